The molecule has 4 nitrogen and oxygen atoms in total. The molecule has 9 heteroatoms. The number of benzene rings is 1. The van der Waals surface area contributed by atoms with Crippen molar-refractivity contribution in [3.05, 3.63) is 29.6 Å². The maximum absolute atomic E-state index is 12.9. The van der Waals surface area contributed by atoms with Gasteiger partial charge in [-0.25, -0.2) is 12.8 Å². The van der Waals surface area contributed by atoms with Crippen LogP contribution in [0, 0.1) is 5.82 Å². The van der Waals surface area contributed by atoms with Crippen molar-refractivity contribution in [2.24, 2.45) is 5.73 Å². The first kappa shape index (κ1) is 14.7. The molecule has 0 spiro atoms. The lowest BCUT2D eigenvalue weighted by molar-refractivity contribution is -0.139. The molecule has 1 aromatic carbocycles. The lowest BCUT2D eigenvalue weighted by Gasteiger charge is -2.11. The number of hydrogen-bond acceptors (Lipinski definition) is 3. The van der Waals surface area contributed by atoms with Gasteiger partial charge < -0.3 is 5.73 Å². The third-order valence-electron chi connectivity index (χ3n) is 1.93. The third kappa shape index (κ3) is 3.84. The Bertz CT molecular complexity index is 528. The molecule has 0 aromatic heterocycles. The second-order valence-corrected chi connectivity index (χ2v) is 5.24. The molecule has 0 atom stereocenters. The van der Waals surface area contributed by atoms with Gasteiger partial charge in [0.1, 0.15) is 5.82 Å². The Morgan fingerprint density at radius 3 is 2.39 bits per heavy atom. The van der Waals surface area contributed by atoms with Crippen LogP contribution in [0.2, 0.25) is 0 Å². The van der Waals surface area contributed by atoms with Crippen LogP contribution in [0.5, 0.6) is 0 Å². The Morgan fingerprint density at radius 2 is 1.89 bits per heavy atom. The molecule has 0 aliphatic rings. The molecule has 0 saturated heterocycles. The maximum atomic E-state index is 12.9. The molecule has 0 heterocycles. The van der Waals surface area contributed by atoms with Crippen molar-refractivity contribution >= 4 is 15.7 Å². The van der Waals surface area contributed by atoms with Gasteiger partial charge in [-0.2, -0.15) is 13.2 Å². The minimum absolute atomic E-state index is 0.178. The van der Waals surface area contributed by atoms with Gasteiger partial charge in [-0.05, 0) is 18.2 Å². The summed E-state index contributed by atoms with van der Waals surface area (Å²) in [6, 6.07) is 1.84. The first-order valence-corrected chi connectivity index (χ1v) is 6.38. The number of nitrogens with one attached hydrogen (secondary N) is 1. The number of hydrogen-bond donors (Lipinski definition) is 2. The summed E-state index contributed by atoms with van der Waals surface area (Å²) < 4.78 is 74.5. The fourth-order valence-corrected chi connectivity index (χ4v) is 2.09. The summed E-state index contributed by atoms with van der Waals surface area (Å²) >= 11 is 0. The molecule has 0 radical (unpaired) electrons. The van der Waals surface area contributed by atoms with Crippen LogP contribution < -0.4 is 10.5 Å². The van der Waals surface area contributed by atoms with E-state index in [-0.39, 0.29) is 12.2 Å². The Balaban J connectivity index is 3.07. The summed E-state index contributed by atoms with van der Waals surface area (Å²) in [5.74, 6) is -1.91. The summed E-state index contributed by atoms with van der Waals surface area (Å²) in [6.45, 7) is -0.178. The highest BCUT2D eigenvalue weighted by molar-refractivity contribution is 7.92. The van der Waals surface area contributed by atoms with Gasteiger partial charge in [0.05, 0.1) is 11.3 Å². The van der Waals surface area contributed by atoms with Gasteiger partial charge in [-0.15, -0.1) is 0 Å². The highest BCUT2D eigenvalue weighted by Gasteiger charge is 2.34. The van der Waals surface area contributed by atoms with E-state index in [2.05, 4.69) is 0 Å². The molecule has 102 valence electrons. The summed E-state index contributed by atoms with van der Waals surface area (Å²) in [4.78, 5) is 0. The van der Waals surface area contributed by atoms with Crippen LogP contribution in [0.1, 0.15) is 5.56 Å². The average Bonchev–Trinajstić information content (AvgIpc) is 2.18. The molecule has 0 aliphatic heterocycles. The molecular formula is C9H10F4N2O2S. The molecular weight excluding hydrogens is 276 g/mol. The molecule has 1 aromatic rings. The smallest absolute Gasteiger partial charge is 0.329 e. The van der Waals surface area contributed by atoms with Gasteiger partial charge in [0.25, 0.3) is 0 Å². The lowest BCUT2D eigenvalue weighted by Crippen LogP contribution is -2.22. The number of halogens is 4. The van der Waals surface area contributed by atoms with Crippen molar-refractivity contribution in [1.29, 1.82) is 0 Å². The molecule has 0 aliphatic carbocycles. The van der Waals surface area contributed by atoms with Crippen LogP contribution in [0.15, 0.2) is 18.2 Å². The SMILES string of the molecule is NCCS(=O)(=O)Nc1ccc(F)c(C(F)(F)F)c1. The lowest BCUT2D eigenvalue weighted by atomic mass is 10.2. The standard InChI is InChI=1S/C9H10F4N2O2S/c10-8-2-1-6(5-7(8)9(11,12)13)15-18(16,17)4-3-14/h1-2,5,15H,3-4,14H2. The van der Waals surface area contributed by atoms with Crippen LogP contribution >= 0.6 is 0 Å². The van der Waals surface area contributed by atoms with Crippen LogP contribution in [-0.2, 0) is 16.2 Å². The van der Waals surface area contributed by atoms with Crippen LogP contribution in [0.4, 0.5) is 23.2 Å². The second kappa shape index (κ2) is 5.11. The zero-order valence-electron chi connectivity index (χ0n) is 8.96. The van der Waals surface area contributed by atoms with Crippen molar-refractivity contribution in [3.63, 3.8) is 0 Å². The fourth-order valence-electron chi connectivity index (χ4n) is 1.19. The predicted octanol–water partition coefficient (Wildman–Crippen LogP) is 1.54. The van der Waals surface area contributed by atoms with E-state index in [9.17, 15) is 26.0 Å². The van der Waals surface area contributed by atoms with E-state index < -0.39 is 33.3 Å². The van der Waals surface area contributed by atoms with Crippen molar-refractivity contribution < 1.29 is 26.0 Å². The van der Waals surface area contributed by atoms with Crippen LogP contribution in [0.25, 0.3) is 0 Å². The minimum Gasteiger partial charge on any atom is -0.329 e. The van der Waals surface area contributed by atoms with Crippen molar-refractivity contribution in [3.8, 4) is 0 Å². The van der Waals surface area contributed by atoms with Gasteiger partial charge in [-0.3, -0.25) is 4.72 Å². The maximum Gasteiger partial charge on any atom is 0.419 e. The van der Waals surface area contributed by atoms with Crippen molar-refractivity contribution in [1.82, 2.24) is 0 Å². The Labute approximate surface area is 101 Å². The average molecular weight is 286 g/mol. The van der Waals surface area contributed by atoms with E-state index in [4.69, 9.17) is 5.73 Å². The molecule has 0 bridgehead atoms. The Kier molecular flexibility index (Phi) is 4.17. The predicted molar refractivity (Wildman–Crippen MR) is 57.9 cm³/mol. The Hall–Kier alpha value is -1.35. The molecule has 0 amide bonds. The largest absolute Gasteiger partial charge is 0.419 e. The topological polar surface area (TPSA) is 72.2 Å². The zero-order valence-corrected chi connectivity index (χ0v) is 9.78. The van der Waals surface area contributed by atoms with Crippen LogP contribution in [0.3, 0.4) is 0 Å². The molecule has 3 N–H and O–H groups in total. The highest BCUT2D eigenvalue weighted by atomic mass is 32.2. The fraction of sp³-hybridized carbons (Fsp3) is 0.333. The van der Waals surface area contributed by atoms with E-state index in [0.29, 0.717) is 12.1 Å². The minimum atomic E-state index is -4.89. The number of rotatable bonds is 4. The number of anilines is 1. The first-order chi connectivity index (χ1) is 8.15. The number of alkyl halides is 3. The molecule has 0 unspecified atom stereocenters. The second-order valence-electron chi connectivity index (χ2n) is 3.40. The zero-order chi connectivity index (χ0) is 14.0. The Morgan fingerprint density at radius 1 is 1.28 bits per heavy atom. The summed E-state index contributed by atoms with van der Waals surface area (Å²) in [5, 5.41) is 0. The highest BCUT2D eigenvalue weighted by Crippen LogP contribution is 2.33. The quantitative estimate of drug-likeness (QED) is 0.825. The first-order valence-electron chi connectivity index (χ1n) is 4.73. The van der Waals surface area contributed by atoms with Gasteiger partial charge in [-0.1, -0.05) is 0 Å². The molecule has 1 rings (SSSR count). The summed E-state index contributed by atoms with van der Waals surface area (Å²) in [6.07, 6.45) is -4.89. The van der Waals surface area contributed by atoms with Crippen molar-refractivity contribution in [2.75, 3.05) is 17.0 Å². The third-order valence-corrected chi connectivity index (χ3v) is 3.25. The molecule has 18 heavy (non-hydrogen) atoms. The molecule has 0 saturated carbocycles. The number of sulfonamides is 1. The van der Waals surface area contributed by atoms with Gasteiger partial charge in [0.15, 0.2) is 0 Å². The van der Waals surface area contributed by atoms with Crippen LogP contribution in [-0.4, -0.2) is 20.7 Å². The van der Waals surface area contributed by atoms with E-state index in [0.717, 1.165) is 6.07 Å². The number of nitrogens with two attached hydrogens (primary N) is 1. The van der Waals surface area contributed by atoms with Gasteiger partial charge >= 0.3 is 6.18 Å². The van der Waals surface area contributed by atoms with E-state index >= 15 is 0 Å². The van der Waals surface area contributed by atoms with Gasteiger partial charge in [0.2, 0.25) is 10.0 Å². The molecule has 0 fully saturated rings. The van der Waals surface area contributed by atoms with E-state index in [1.54, 1.807) is 0 Å². The van der Waals surface area contributed by atoms with E-state index in [1.807, 2.05) is 4.72 Å². The van der Waals surface area contributed by atoms with Gasteiger partial charge in [0, 0.05) is 12.2 Å². The summed E-state index contributed by atoms with van der Waals surface area (Å²) in [5.41, 5.74) is 3.14. The van der Waals surface area contributed by atoms with E-state index in [1.165, 1.54) is 0 Å². The summed E-state index contributed by atoms with van der Waals surface area (Å²) in [7, 11) is -3.82. The van der Waals surface area contributed by atoms with Crippen molar-refractivity contribution in [2.45, 2.75) is 6.18 Å². The normalized spacial score (nSPS) is 12.5. The monoisotopic (exact) mass is 286 g/mol.